The molecule has 6 heteroatoms. The van der Waals surface area contributed by atoms with Crippen LogP contribution in [-0.4, -0.2) is 39.3 Å². The van der Waals surface area contributed by atoms with Gasteiger partial charge in [-0.2, -0.15) is 5.10 Å². The number of H-pyrrole nitrogens is 1. The molecule has 3 aromatic rings. The van der Waals surface area contributed by atoms with Crippen LogP contribution >= 0.6 is 0 Å². The molecule has 4 rings (SSSR count). The molecule has 2 aromatic carbocycles. The fraction of sp³-hybridized carbons (Fsp3) is 0.333. The zero-order valence-corrected chi connectivity index (χ0v) is 19.5. The smallest absolute Gasteiger partial charge is 0.273 e. The molecule has 2 heterocycles. The molecule has 0 saturated heterocycles. The number of aromatic amines is 1. The standard InChI is InChI=1S/C27H31N3O3/c1-5-7-8-12-30-25(19-10-9-11-20(16-19)33-13-6-2)22-23(28-29-24(22)27(30)32)21-15-17(3)14-18(4)26(21)31/h6,9-11,14-16,25,31H,2,5,7-8,12-13H2,1,3-4H3,(H,28,29). The normalized spacial score (nSPS) is 15.1. The van der Waals surface area contributed by atoms with Crippen LogP contribution < -0.4 is 4.74 Å². The van der Waals surface area contributed by atoms with Gasteiger partial charge in [-0.1, -0.05) is 50.6 Å². The van der Waals surface area contributed by atoms with Crippen molar-refractivity contribution in [1.29, 1.82) is 0 Å². The molecule has 6 nitrogen and oxygen atoms in total. The van der Waals surface area contributed by atoms with E-state index in [1.807, 2.05) is 55.1 Å². The van der Waals surface area contributed by atoms with Crippen molar-refractivity contribution in [2.24, 2.45) is 0 Å². The van der Waals surface area contributed by atoms with E-state index < -0.39 is 0 Å². The fourth-order valence-corrected chi connectivity index (χ4v) is 4.58. The van der Waals surface area contributed by atoms with Crippen molar-refractivity contribution >= 4 is 5.91 Å². The number of phenols is 1. The number of nitrogens with one attached hydrogen (secondary N) is 1. The number of aryl methyl sites for hydroxylation is 2. The minimum absolute atomic E-state index is 0.0638. The Morgan fingerprint density at radius 2 is 2.06 bits per heavy atom. The number of hydrogen-bond donors (Lipinski definition) is 2. The Hall–Kier alpha value is -3.54. The summed E-state index contributed by atoms with van der Waals surface area (Å²) in [6.07, 6.45) is 4.76. The molecular formula is C27H31N3O3. The van der Waals surface area contributed by atoms with E-state index in [4.69, 9.17) is 4.74 Å². The highest BCUT2D eigenvalue weighted by Crippen LogP contribution is 2.45. The second-order valence-corrected chi connectivity index (χ2v) is 8.62. The van der Waals surface area contributed by atoms with Crippen LogP contribution in [0.3, 0.4) is 0 Å². The molecule has 1 unspecified atom stereocenters. The van der Waals surface area contributed by atoms with E-state index >= 15 is 0 Å². The lowest BCUT2D eigenvalue weighted by atomic mass is 9.94. The van der Waals surface area contributed by atoms with Gasteiger partial charge >= 0.3 is 0 Å². The predicted octanol–water partition coefficient (Wildman–Crippen LogP) is 5.70. The first-order valence-corrected chi connectivity index (χ1v) is 11.5. The summed E-state index contributed by atoms with van der Waals surface area (Å²) in [7, 11) is 0. The molecule has 1 atom stereocenters. The number of hydrogen-bond acceptors (Lipinski definition) is 4. The Morgan fingerprint density at radius 3 is 2.82 bits per heavy atom. The van der Waals surface area contributed by atoms with Crippen molar-refractivity contribution in [3.8, 4) is 22.8 Å². The van der Waals surface area contributed by atoms with Gasteiger partial charge in [-0.3, -0.25) is 9.89 Å². The van der Waals surface area contributed by atoms with E-state index in [2.05, 4.69) is 23.7 Å². The average molecular weight is 446 g/mol. The molecule has 0 spiro atoms. The maximum absolute atomic E-state index is 13.4. The lowest BCUT2D eigenvalue weighted by molar-refractivity contribution is 0.0740. The number of carbonyl (C=O) groups is 1. The van der Waals surface area contributed by atoms with E-state index in [-0.39, 0.29) is 17.7 Å². The van der Waals surface area contributed by atoms with Crippen molar-refractivity contribution in [3.63, 3.8) is 0 Å². The first-order valence-electron chi connectivity index (χ1n) is 11.5. The van der Waals surface area contributed by atoms with E-state index in [1.165, 1.54) is 0 Å². The van der Waals surface area contributed by atoms with Crippen LogP contribution in [0.4, 0.5) is 0 Å². The number of carbonyl (C=O) groups excluding carboxylic acids is 1. The van der Waals surface area contributed by atoms with E-state index in [0.29, 0.717) is 30.1 Å². The Labute approximate surface area is 194 Å². The van der Waals surface area contributed by atoms with E-state index in [1.54, 1.807) is 6.08 Å². The highest BCUT2D eigenvalue weighted by Gasteiger charge is 2.42. The van der Waals surface area contributed by atoms with E-state index in [9.17, 15) is 9.90 Å². The van der Waals surface area contributed by atoms with Crippen LogP contribution in [0.2, 0.25) is 0 Å². The summed E-state index contributed by atoms with van der Waals surface area (Å²) in [5.41, 5.74) is 5.30. The van der Waals surface area contributed by atoms with Gasteiger partial charge in [-0.15, -0.1) is 0 Å². The third-order valence-corrected chi connectivity index (χ3v) is 6.11. The number of aromatic nitrogens is 2. The topological polar surface area (TPSA) is 78.5 Å². The van der Waals surface area contributed by atoms with Crippen LogP contribution in [0.15, 0.2) is 49.1 Å². The third kappa shape index (κ3) is 4.25. The molecule has 1 aromatic heterocycles. The minimum atomic E-state index is -0.314. The van der Waals surface area contributed by atoms with Crippen LogP contribution in [0.5, 0.6) is 11.5 Å². The number of ether oxygens (including phenoxy) is 1. The van der Waals surface area contributed by atoms with Gasteiger partial charge in [0.1, 0.15) is 29.5 Å². The van der Waals surface area contributed by atoms with Crippen molar-refractivity contribution < 1.29 is 14.6 Å². The number of fused-ring (bicyclic) bond motifs is 1. The summed E-state index contributed by atoms with van der Waals surface area (Å²) in [5, 5.41) is 18.3. The van der Waals surface area contributed by atoms with Crippen molar-refractivity contribution in [1.82, 2.24) is 15.1 Å². The Morgan fingerprint density at radius 1 is 1.24 bits per heavy atom. The van der Waals surface area contributed by atoms with Gasteiger partial charge in [0.05, 0.1) is 6.04 Å². The minimum Gasteiger partial charge on any atom is -0.507 e. The average Bonchev–Trinajstić information content (AvgIpc) is 3.34. The molecule has 33 heavy (non-hydrogen) atoms. The van der Waals surface area contributed by atoms with Crippen LogP contribution in [0.25, 0.3) is 11.3 Å². The fourth-order valence-electron chi connectivity index (χ4n) is 4.58. The molecule has 0 saturated carbocycles. The van der Waals surface area contributed by atoms with E-state index in [0.717, 1.165) is 47.3 Å². The zero-order valence-electron chi connectivity index (χ0n) is 19.5. The highest BCUT2D eigenvalue weighted by atomic mass is 16.5. The monoisotopic (exact) mass is 445 g/mol. The van der Waals surface area contributed by atoms with Crippen molar-refractivity contribution in [2.75, 3.05) is 13.2 Å². The Bertz CT molecular complexity index is 1180. The summed E-state index contributed by atoms with van der Waals surface area (Å²) in [6.45, 7) is 10.8. The summed E-state index contributed by atoms with van der Waals surface area (Å²) in [5.74, 6) is 0.848. The lowest BCUT2D eigenvalue weighted by Gasteiger charge is -2.27. The number of aromatic hydroxyl groups is 1. The quantitative estimate of drug-likeness (QED) is 0.327. The van der Waals surface area contributed by atoms with Gasteiger partial charge in [0.2, 0.25) is 0 Å². The second kappa shape index (κ2) is 9.53. The van der Waals surface area contributed by atoms with Gasteiger partial charge in [-0.05, 0) is 55.2 Å². The number of nitrogens with zero attached hydrogens (tertiary/aromatic N) is 2. The summed E-state index contributed by atoms with van der Waals surface area (Å²) in [4.78, 5) is 15.4. The summed E-state index contributed by atoms with van der Waals surface area (Å²) >= 11 is 0. The molecule has 1 aliphatic rings. The molecule has 1 aliphatic heterocycles. The van der Waals surface area contributed by atoms with Crippen LogP contribution in [-0.2, 0) is 0 Å². The van der Waals surface area contributed by atoms with Gasteiger partial charge in [0.25, 0.3) is 5.91 Å². The molecular weight excluding hydrogens is 414 g/mol. The van der Waals surface area contributed by atoms with Crippen LogP contribution in [0, 0.1) is 13.8 Å². The molecule has 0 aliphatic carbocycles. The third-order valence-electron chi connectivity index (χ3n) is 6.11. The molecule has 0 bridgehead atoms. The molecule has 1 amide bonds. The first-order chi connectivity index (χ1) is 16.0. The molecule has 0 radical (unpaired) electrons. The Kier molecular flexibility index (Phi) is 6.54. The maximum Gasteiger partial charge on any atom is 0.273 e. The van der Waals surface area contributed by atoms with Gasteiger partial charge in [-0.25, -0.2) is 0 Å². The number of benzene rings is 2. The molecule has 2 N–H and O–H groups in total. The van der Waals surface area contributed by atoms with Crippen molar-refractivity contribution in [2.45, 2.75) is 46.1 Å². The zero-order chi connectivity index (χ0) is 23.5. The molecule has 172 valence electrons. The van der Waals surface area contributed by atoms with Gasteiger partial charge in [0, 0.05) is 17.7 Å². The predicted molar refractivity (Wildman–Crippen MR) is 130 cm³/mol. The first kappa shape index (κ1) is 22.6. The largest absolute Gasteiger partial charge is 0.507 e. The number of amides is 1. The molecule has 0 fully saturated rings. The number of unbranched alkanes of at least 4 members (excludes halogenated alkanes) is 2. The van der Waals surface area contributed by atoms with Crippen LogP contribution in [0.1, 0.15) is 65.0 Å². The number of phenolic OH excluding ortho intramolecular Hbond substituents is 1. The highest BCUT2D eigenvalue weighted by molar-refractivity contribution is 6.00. The summed E-state index contributed by atoms with van der Waals surface area (Å²) < 4.78 is 5.77. The van der Waals surface area contributed by atoms with Gasteiger partial charge in [0.15, 0.2) is 0 Å². The maximum atomic E-state index is 13.4. The number of rotatable bonds is 9. The van der Waals surface area contributed by atoms with Gasteiger partial charge < -0.3 is 14.7 Å². The SMILES string of the molecule is C=CCOc1cccc(C2c3c(-c4cc(C)cc(C)c4O)n[nH]c3C(=O)N2CCCCC)c1. The lowest BCUT2D eigenvalue weighted by Crippen LogP contribution is -2.30. The van der Waals surface area contributed by atoms with Crippen molar-refractivity contribution in [3.05, 3.63) is 77.0 Å². The second-order valence-electron chi connectivity index (χ2n) is 8.62. The summed E-state index contributed by atoms with van der Waals surface area (Å²) in [6, 6.07) is 11.4. The Balaban J connectivity index is 1.85.